The van der Waals surface area contributed by atoms with Crippen LogP contribution >= 0.6 is 0 Å². The Bertz CT molecular complexity index is 1250. The lowest BCUT2D eigenvalue weighted by Gasteiger charge is -2.18. The second-order valence-corrected chi connectivity index (χ2v) is 16.0. The van der Waals surface area contributed by atoms with Gasteiger partial charge in [0.2, 0.25) is 0 Å². The van der Waals surface area contributed by atoms with E-state index >= 15 is 0 Å². The Morgan fingerprint density at radius 1 is 0.344 bits per heavy atom. The van der Waals surface area contributed by atoms with Crippen LogP contribution in [0.15, 0.2) is 97.2 Å². The molecule has 0 N–H and O–H groups in total. The summed E-state index contributed by atoms with van der Waals surface area (Å²) in [6, 6.07) is 0. The maximum absolute atomic E-state index is 12.8. The molecule has 0 bridgehead atoms. The van der Waals surface area contributed by atoms with E-state index in [2.05, 4.69) is 118 Å². The molecule has 6 heteroatoms. The van der Waals surface area contributed by atoms with Crippen LogP contribution in [0.2, 0.25) is 0 Å². The Hall–Kier alpha value is -3.67. The second kappa shape index (κ2) is 49.0. The van der Waals surface area contributed by atoms with Crippen LogP contribution in [0.4, 0.5) is 0 Å². The first-order valence-corrected chi connectivity index (χ1v) is 24.7. The fourth-order valence-electron chi connectivity index (χ4n) is 6.39. The van der Waals surface area contributed by atoms with Gasteiger partial charge in [0, 0.05) is 19.3 Å². The topological polar surface area (TPSA) is 78.9 Å². The van der Waals surface area contributed by atoms with Crippen LogP contribution in [0.5, 0.6) is 0 Å². The van der Waals surface area contributed by atoms with Gasteiger partial charge in [-0.05, 0) is 109 Å². The largest absolute Gasteiger partial charge is 0.462 e. The summed E-state index contributed by atoms with van der Waals surface area (Å²) in [5.74, 6) is -1.01. The number of rotatable bonds is 43. The Labute approximate surface area is 375 Å². The minimum absolute atomic E-state index is 0.114. The number of ether oxygens (including phenoxy) is 3. The van der Waals surface area contributed by atoms with Gasteiger partial charge >= 0.3 is 17.9 Å². The van der Waals surface area contributed by atoms with Crippen molar-refractivity contribution in [2.75, 3.05) is 13.2 Å². The molecule has 61 heavy (non-hydrogen) atoms. The molecule has 0 aliphatic rings. The zero-order chi connectivity index (χ0) is 44.4. The van der Waals surface area contributed by atoms with Gasteiger partial charge in [-0.1, -0.05) is 182 Å². The maximum Gasteiger partial charge on any atom is 0.306 e. The summed E-state index contributed by atoms with van der Waals surface area (Å²) < 4.78 is 16.7. The van der Waals surface area contributed by atoms with Gasteiger partial charge in [-0.25, -0.2) is 0 Å². The third kappa shape index (κ3) is 47.2. The fourth-order valence-corrected chi connectivity index (χ4v) is 6.39. The monoisotopic (exact) mass is 847 g/mol. The molecule has 1 atom stereocenters. The summed E-state index contributed by atoms with van der Waals surface area (Å²) in [5.41, 5.74) is 0. The molecule has 0 aromatic rings. The Balaban J connectivity index is 4.50. The SMILES string of the molecule is CC/C=C\C/C=C\C/C=C\C/C=C\CCCCCC(=O)OCC(COC(=O)CCC/C=C\C/C=C\C/C=C\CC)OC(=O)CCCCCCC/C=C\CCCCCCCCC. The van der Waals surface area contributed by atoms with Gasteiger partial charge < -0.3 is 14.2 Å². The minimum Gasteiger partial charge on any atom is -0.462 e. The Kier molecular flexibility index (Phi) is 46.0. The summed E-state index contributed by atoms with van der Waals surface area (Å²) in [4.78, 5) is 37.9. The van der Waals surface area contributed by atoms with Crippen LogP contribution in [0.25, 0.3) is 0 Å². The minimum atomic E-state index is -0.815. The molecule has 0 fully saturated rings. The molecule has 0 aliphatic carbocycles. The average Bonchev–Trinajstić information content (AvgIpc) is 3.26. The fraction of sp³-hybridized carbons (Fsp3) is 0.655. The quantitative estimate of drug-likeness (QED) is 0.0263. The van der Waals surface area contributed by atoms with E-state index in [9.17, 15) is 14.4 Å². The standard InChI is InChI=1S/C55H90O6/c1-4-7-10-13-16-19-22-24-26-28-30-33-36-39-42-45-48-54(57)60-51-52(50-59-53(56)47-44-41-38-35-32-21-18-15-12-9-6-3)61-55(58)49-46-43-40-37-34-31-29-27-25-23-20-17-14-11-8-5-2/h7,9-10,12,16,18-19,21,24,26-27,29-30,33,35,38,52H,4-6,8,11,13-15,17,20,22-23,25,28,31-32,34,36-37,39-51H2,1-3H3/b10-7-,12-9-,19-16-,21-18-,26-24-,29-27-,33-30-,38-35-. The van der Waals surface area contributed by atoms with Gasteiger partial charge in [-0.3, -0.25) is 14.4 Å². The van der Waals surface area contributed by atoms with Gasteiger partial charge in [0.1, 0.15) is 13.2 Å². The smallest absolute Gasteiger partial charge is 0.306 e. The Morgan fingerprint density at radius 3 is 1.10 bits per heavy atom. The molecule has 6 nitrogen and oxygen atoms in total. The van der Waals surface area contributed by atoms with Crippen LogP contribution in [0.3, 0.4) is 0 Å². The molecule has 0 saturated heterocycles. The van der Waals surface area contributed by atoms with E-state index in [1.807, 2.05) is 0 Å². The number of allylic oxidation sites excluding steroid dienone is 16. The van der Waals surface area contributed by atoms with E-state index in [4.69, 9.17) is 14.2 Å². The summed E-state index contributed by atoms with van der Waals surface area (Å²) in [6.07, 6.45) is 64.0. The van der Waals surface area contributed by atoms with Gasteiger partial charge in [0.25, 0.3) is 0 Å². The second-order valence-electron chi connectivity index (χ2n) is 16.0. The van der Waals surface area contributed by atoms with Crippen LogP contribution in [-0.2, 0) is 28.6 Å². The average molecular weight is 847 g/mol. The molecule has 1 unspecified atom stereocenters. The molecule has 0 amide bonds. The number of unbranched alkanes of at least 4 members (excludes halogenated alkanes) is 16. The number of carbonyl (C=O) groups is 3. The third-order valence-corrected chi connectivity index (χ3v) is 10.1. The predicted molar refractivity (Wildman–Crippen MR) is 260 cm³/mol. The van der Waals surface area contributed by atoms with Gasteiger partial charge in [-0.2, -0.15) is 0 Å². The zero-order valence-electron chi connectivity index (χ0n) is 39.4. The lowest BCUT2D eigenvalue weighted by molar-refractivity contribution is -0.167. The van der Waals surface area contributed by atoms with Gasteiger partial charge in [0.05, 0.1) is 0 Å². The molecule has 0 aliphatic heterocycles. The number of esters is 3. The van der Waals surface area contributed by atoms with E-state index in [0.717, 1.165) is 109 Å². The van der Waals surface area contributed by atoms with Crippen LogP contribution in [0.1, 0.15) is 213 Å². The molecule has 346 valence electrons. The normalized spacial score (nSPS) is 12.9. The van der Waals surface area contributed by atoms with Crippen LogP contribution < -0.4 is 0 Å². The molecular weight excluding hydrogens is 757 g/mol. The van der Waals surface area contributed by atoms with Crippen molar-refractivity contribution in [1.29, 1.82) is 0 Å². The highest BCUT2D eigenvalue weighted by Gasteiger charge is 2.19. The van der Waals surface area contributed by atoms with Crippen LogP contribution in [-0.4, -0.2) is 37.2 Å². The number of hydrogen-bond acceptors (Lipinski definition) is 6. The van der Waals surface area contributed by atoms with Crippen molar-refractivity contribution >= 4 is 17.9 Å². The zero-order valence-corrected chi connectivity index (χ0v) is 39.4. The van der Waals surface area contributed by atoms with Gasteiger partial charge in [0.15, 0.2) is 6.10 Å². The molecule has 0 heterocycles. The van der Waals surface area contributed by atoms with E-state index in [0.29, 0.717) is 19.3 Å². The van der Waals surface area contributed by atoms with Crippen molar-refractivity contribution in [3.05, 3.63) is 97.2 Å². The molecule has 0 aromatic heterocycles. The van der Waals surface area contributed by atoms with E-state index in [1.165, 1.54) is 57.8 Å². The van der Waals surface area contributed by atoms with Crippen molar-refractivity contribution in [3.63, 3.8) is 0 Å². The summed E-state index contributed by atoms with van der Waals surface area (Å²) in [6.45, 7) is 6.30. The lowest BCUT2D eigenvalue weighted by Crippen LogP contribution is -2.30. The predicted octanol–water partition coefficient (Wildman–Crippen LogP) is 16.2. The highest BCUT2D eigenvalue weighted by atomic mass is 16.6. The lowest BCUT2D eigenvalue weighted by atomic mass is 10.1. The first kappa shape index (κ1) is 57.3. The van der Waals surface area contributed by atoms with Crippen molar-refractivity contribution in [3.8, 4) is 0 Å². The maximum atomic E-state index is 12.8. The highest BCUT2D eigenvalue weighted by molar-refractivity contribution is 5.71. The number of carbonyl (C=O) groups excluding carboxylic acids is 3. The molecule has 0 saturated carbocycles. The summed E-state index contributed by atoms with van der Waals surface area (Å²) in [5, 5.41) is 0. The van der Waals surface area contributed by atoms with E-state index in [-0.39, 0.29) is 37.5 Å². The molecule has 0 radical (unpaired) electrons. The first-order valence-electron chi connectivity index (χ1n) is 24.7. The first-order chi connectivity index (χ1) is 30.0. The van der Waals surface area contributed by atoms with Crippen molar-refractivity contribution in [2.24, 2.45) is 0 Å². The van der Waals surface area contributed by atoms with E-state index < -0.39 is 6.10 Å². The van der Waals surface area contributed by atoms with Crippen molar-refractivity contribution in [2.45, 2.75) is 219 Å². The van der Waals surface area contributed by atoms with Gasteiger partial charge in [-0.15, -0.1) is 0 Å². The van der Waals surface area contributed by atoms with E-state index in [1.54, 1.807) is 0 Å². The van der Waals surface area contributed by atoms with Crippen LogP contribution in [0, 0.1) is 0 Å². The van der Waals surface area contributed by atoms with Crippen molar-refractivity contribution in [1.82, 2.24) is 0 Å². The highest BCUT2D eigenvalue weighted by Crippen LogP contribution is 2.13. The molecule has 0 rings (SSSR count). The summed E-state index contributed by atoms with van der Waals surface area (Å²) >= 11 is 0. The van der Waals surface area contributed by atoms with Crippen molar-refractivity contribution < 1.29 is 28.6 Å². The number of hydrogen-bond donors (Lipinski definition) is 0. The molecule has 0 aromatic carbocycles. The Morgan fingerprint density at radius 2 is 0.656 bits per heavy atom. The summed E-state index contributed by atoms with van der Waals surface area (Å²) in [7, 11) is 0. The third-order valence-electron chi connectivity index (χ3n) is 10.1. The molecular formula is C55H90O6. The molecule has 0 spiro atoms.